The van der Waals surface area contributed by atoms with Crippen molar-refractivity contribution in [3.05, 3.63) is 22.7 Å². The number of carbonyl (C=O) groups excluding carboxylic acids is 2. The van der Waals surface area contributed by atoms with Crippen LogP contribution in [0, 0.1) is 0 Å². The van der Waals surface area contributed by atoms with Crippen molar-refractivity contribution in [3.8, 4) is 11.5 Å². The largest absolute Gasteiger partial charge is 0.493 e. The molecule has 0 bridgehead atoms. The number of halogens is 1. The number of amides is 3. The Morgan fingerprint density at radius 2 is 1.96 bits per heavy atom. The zero-order valence-electron chi connectivity index (χ0n) is 15.4. The van der Waals surface area contributed by atoms with Gasteiger partial charge in [0.2, 0.25) is 0 Å². The monoisotopic (exact) mass is 397 g/mol. The third kappa shape index (κ3) is 6.63. The molecule has 2 N–H and O–H groups in total. The molecule has 1 saturated carbocycles. The summed E-state index contributed by atoms with van der Waals surface area (Å²) >= 11 is 6.10. The van der Waals surface area contributed by atoms with Gasteiger partial charge in [0.1, 0.15) is 0 Å². The number of urea groups is 1. The summed E-state index contributed by atoms with van der Waals surface area (Å²) in [6, 6.07) is 2.90. The van der Waals surface area contributed by atoms with Crippen LogP contribution in [0.25, 0.3) is 0 Å². The van der Waals surface area contributed by atoms with Crippen molar-refractivity contribution >= 4 is 29.8 Å². The molecule has 1 aromatic rings. The van der Waals surface area contributed by atoms with E-state index in [0.717, 1.165) is 25.7 Å². The molecule has 0 aromatic heterocycles. The second-order valence-corrected chi connectivity index (χ2v) is 6.51. The smallest absolute Gasteiger partial charge is 0.321 e. The molecule has 9 heteroatoms. The van der Waals surface area contributed by atoms with E-state index in [1.54, 1.807) is 12.1 Å². The molecule has 0 spiro atoms. The SMILES string of the molecule is COc1cc(/C=N\OCC(=O)NC(=O)NC2CCCCC2)cc(Cl)c1OC. The second kappa shape index (κ2) is 10.6. The summed E-state index contributed by atoms with van der Waals surface area (Å²) in [5, 5.41) is 9.07. The fraction of sp³-hybridized carbons (Fsp3) is 0.500. The number of methoxy groups -OCH3 is 2. The Bertz CT molecular complexity index is 690. The molecule has 2 rings (SSSR count). The van der Waals surface area contributed by atoms with Crippen LogP contribution in [0.3, 0.4) is 0 Å². The number of oxime groups is 1. The average molecular weight is 398 g/mol. The Balaban J connectivity index is 1.77. The Kier molecular flexibility index (Phi) is 8.19. The van der Waals surface area contributed by atoms with E-state index in [1.165, 1.54) is 26.9 Å². The van der Waals surface area contributed by atoms with Crippen molar-refractivity contribution < 1.29 is 23.9 Å². The maximum atomic E-state index is 11.8. The van der Waals surface area contributed by atoms with E-state index in [-0.39, 0.29) is 12.6 Å². The minimum absolute atomic E-state index is 0.125. The second-order valence-electron chi connectivity index (χ2n) is 6.10. The molecule has 3 amide bonds. The van der Waals surface area contributed by atoms with E-state index < -0.39 is 11.9 Å². The summed E-state index contributed by atoms with van der Waals surface area (Å²) in [4.78, 5) is 28.4. The van der Waals surface area contributed by atoms with Gasteiger partial charge >= 0.3 is 6.03 Å². The highest BCUT2D eigenvalue weighted by atomic mass is 35.5. The van der Waals surface area contributed by atoms with Gasteiger partial charge < -0.3 is 19.6 Å². The van der Waals surface area contributed by atoms with E-state index in [9.17, 15) is 9.59 Å². The van der Waals surface area contributed by atoms with Crippen LogP contribution in [0.5, 0.6) is 11.5 Å². The first kappa shape index (κ1) is 20.8. The van der Waals surface area contributed by atoms with Gasteiger partial charge in [-0.15, -0.1) is 0 Å². The number of hydrogen-bond acceptors (Lipinski definition) is 6. The summed E-state index contributed by atoms with van der Waals surface area (Å²) < 4.78 is 10.3. The first-order chi connectivity index (χ1) is 13.0. The number of imide groups is 1. The third-order valence-electron chi connectivity index (χ3n) is 4.12. The topological polar surface area (TPSA) is 98.3 Å². The molecule has 1 fully saturated rings. The summed E-state index contributed by atoms with van der Waals surface area (Å²) in [6.07, 6.45) is 6.64. The molecule has 0 saturated heterocycles. The number of nitrogens with one attached hydrogen (secondary N) is 2. The predicted molar refractivity (Wildman–Crippen MR) is 102 cm³/mol. The van der Waals surface area contributed by atoms with Crippen LogP contribution < -0.4 is 20.1 Å². The maximum Gasteiger partial charge on any atom is 0.321 e. The van der Waals surface area contributed by atoms with Crippen LogP contribution >= 0.6 is 11.6 Å². The minimum atomic E-state index is -0.578. The molecule has 0 atom stereocenters. The summed E-state index contributed by atoms with van der Waals surface area (Å²) in [5.41, 5.74) is 0.605. The molecule has 0 radical (unpaired) electrons. The van der Waals surface area contributed by atoms with E-state index >= 15 is 0 Å². The van der Waals surface area contributed by atoms with Gasteiger partial charge in [-0.05, 0) is 25.0 Å². The highest BCUT2D eigenvalue weighted by molar-refractivity contribution is 6.32. The van der Waals surface area contributed by atoms with Gasteiger partial charge in [-0.1, -0.05) is 36.0 Å². The lowest BCUT2D eigenvalue weighted by Gasteiger charge is -2.22. The van der Waals surface area contributed by atoms with Crippen molar-refractivity contribution in [1.29, 1.82) is 0 Å². The van der Waals surface area contributed by atoms with Crippen LogP contribution in [0.4, 0.5) is 4.79 Å². The van der Waals surface area contributed by atoms with E-state index in [1.807, 2.05) is 0 Å². The highest BCUT2D eigenvalue weighted by Gasteiger charge is 2.17. The highest BCUT2D eigenvalue weighted by Crippen LogP contribution is 2.35. The van der Waals surface area contributed by atoms with Crippen LogP contribution in [0.15, 0.2) is 17.3 Å². The van der Waals surface area contributed by atoms with Gasteiger partial charge in [0.15, 0.2) is 18.1 Å². The molecule has 1 aliphatic rings. The van der Waals surface area contributed by atoms with Crippen LogP contribution in [-0.4, -0.2) is 45.0 Å². The number of ether oxygens (including phenoxy) is 2. The fourth-order valence-electron chi connectivity index (χ4n) is 2.84. The molecule has 0 unspecified atom stereocenters. The lowest BCUT2D eigenvalue weighted by atomic mass is 9.96. The zero-order chi connectivity index (χ0) is 19.6. The van der Waals surface area contributed by atoms with Gasteiger partial charge in [0.05, 0.1) is 25.5 Å². The summed E-state index contributed by atoms with van der Waals surface area (Å²) in [5.74, 6) is 0.287. The quantitative estimate of drug-likeness (QED) is 0.544. The normalized spacial score (nSPS) is 14.6. The maximum absolute atomic E-state index is 11.8. The molecule has 8 nitrogen and oxygen atoms in total. The Labute approximate surface area is 163 Å². The Morgan fingerprint density at radius 3 is 2.63 bits per heavy atom. The van der Waals surface area contributed by atoms with E-state index in [2.05, 4.69) is 15.8 Å². The first-order valence-corrected chi connectivity index (χ1v) is 9.08. The standard InChI is InChI=1S/C18H24ClN3O5/c1-25-15-9-12(8-14(19)17(15)26-2)10-20-27-11-16(23)22-18(24)21-13-6-4-3-5-7-13/h8-10,13H,3-7,11H2,1-2H3,(H2,21,22,23,24)/b20-10-. The molecule has 148 valence electrons. The molecule has 0 heterocycles. The number of carbonyl (C=O) groups is 2. The van der Waals surface area contributed by atoms with Crippen LogP contribution in [0.1, 0.15) is 37.7 Å². The van der Waals surface area contributed by atoms with Crippen LogP contribution in [-0.2, 0) is 9.63 Å². The fourth-order valence-corrected chi connectivity index (χ4v) is 3.13. The van der Waals surface area contributed by atoms with Gasteiger partial charge in [-0.3, -0.25) is 10.1 Å². The molecule has 0 aliphatic heterocycles. The van der Waals surface area contributed by atoms with Gasteiger partial charge in [0, 0.05) is 11.6 Å². The molecule has 1 aromatic carbocycles. The predicted octanol–water partition coefficient (Wildman–Crippen LogP) is 2.87. The van der Waals surface area contributed by atoms with Gasteiger partial charge in [-0.25, -0.2) is 4.79 Å². The Hall–Kier alpha value is -2.48. The average Bonchev–Trinajstić information content (AvgIpc) is 2.65. The van der Waals surface area contributed by atoms with Gasteiger partial charge in [0.25, 0.3) is 5.91 Å². The first-order valence-electron chi connectivity index (χ1n) is 8.70. The molecule has 27 heavy (non-hydrogen) atoms. The number of benzene rings is 1. The third-order valence-corrected chi connectivity index (χ3v) is 4.40. The number of rotatable bonds is 7. The van der Waals surface area contributed by atoms with Crippen molar-refractivity contribution in [1.82, 2.24) is 10.6 Å². The molecular weight excluding hydrogens is 374 g/mol. The zero-order valence-corrected chi connectivity index (χ0v) is 16.2. The van der Waals surface area contributed by atoms with E-state index in [0.29, 0.717) is 22.1 Å². The number of hydrogen-bond donors (Lipinski definition) is 2. The van der Waals surface area contributed by atoms with Crippen molar-refractivity contribution in [2.24, 2.45) is 5.16 Å². The minimum Gasteiger partial charge on any atom is -0.493 e. The van der Waals surface area contributed by atoms with Crippen LogP contribution in [0.2, 0.25) is 5.02 Å². The van der Waals surface area contributed by atoms with Crippen molar-refractivity contribution in [3.63, 3.8) is 0 Å². The van der Waals surface area contributed by atoms with E-state index in [4.69, 9.17) is 25.9 Å². The lowest BCUT2D eigenvalue weighted by molar-refractivity contribution is -0.124. The van der Waals surface area contributed by atoms with Crippen molar-refractivity contribution in [2.45, 2.75) is 38.1 Å². The molecule has 1 aliphatic carbocycles. The Morgan fingerprint density at radius 1 is 1.22 bits per heavy atom. The molecular formula is C18H24ClN3O5. The summed E-state index contributed by atoms with van der Waals surface area (Å²) in [7, 11) is 2.98. The summed E-state index contributed by atoms with van der Waals surface area (Å²) in [6.45, 7) is -0.379. The van der Waals surface area contributed by atoms with Gasteiger partial charge in [-0.2, -0.15) is 0 Å². The van der Waals surface area contributed by atoms with Crippen molar-refractivity contribution in [2.75, 3.05) is 20.8 Å². The lowest BCUT2D eigenvalue weighted by Crippen LogP contribution is -2.46. The number of nitrogens with zero attached hydrogens (tertiary/aromatic N) is 1.